The fraction of sp³-hybridized carbons (Fsp3) is 0.176. The van der Waals surface area contributed by atoms with Gasteiger partial charge in [-0.05, 0) is 23.8 Å². The molecule has 0 unspecified atom stereocenters. The highest BCUT2D eigenvalue weighted by Gasteiger charge is 2.01. The second-order valence-electron chi connectivity index (χ2n) is 4.24. The Bertz CT molecular complexity index is 626. The van der Waals surface area contributed by atoms with Crippen LogP contribution in [0.1, 0.15) is 16.7 Å². The average Bonchev–Trinajstić information content (AvgIpc) is 2.48. The van der Waals surface area contributed by atoms with Crippen molar-refractivity contribution in [2.45, 2.75) is 13.2 Å². The molecule has 1 N–H and O–H groups in total. The van der Waals surface area contributed by atoms with E-state index in [1.165, 1.54) is 6.07 Å². The first-order valence-corrected chi connectivity index (χ1v) is 6.29. The summed E-state index contributed by atoms with van der Waals surface area (Å²) in [6, 6.07) is 14.1. The van der Waals surface area contributed by atoms with Gasteiger partial charge in [-0.3, -0.25) is 0 Å². The summed E-state index contributed by atoms with van der Waals surface area (Å²) in [6.07, 6.45) is 0. The first kappa shape index (κ1) is 14.3. The van der Waals surface area contributed by atoms with Gasteiger partial charge in [-0.2, -0.15) is 0 Å². The van der Waals surface area contributed by atoms with Crippen molar-refractivity contribution in [1.82, 2.24) is 0 Å². The van der Waals surface area contributed by atoms with E-state index >= 15 is 0 Å². The van der Waals surface area contributed by atoms with Crippen LogP contribution in [0.3, 0.4) is 0 Å². The number of aliphatic hydroxyl groups excluding tert-OH is 1. The van der Waals surface area contributed by atoms with Gasteiger partial charge in [0.1, 0.15) is 12.4 Å². The van der Waals surface area contributed by atoms with Crippen LogP contribution in [0.2, 0.25) is 0 Å². The molecule has 2 nitrogen and oxygen atoms in total. The molecule has 0 aliphatic carbocycles. The van der Waals surface area contributed by atoms with E-state index in [9.17, 15) is 4.39 Å². The van der Waals surface area contributed by atoms with Crippen LogP contribution >= 0.6 is 0 Å². The highest BCUT2D eigenvalue weighted by atomic mass is 19.1. The van der Waals surface area contributed by atoms with Gasteiger partial charge in [0.2, 0.25) is 0 Å². The van der Waals surface area contributed by atoms with Gasteiger partial charge in [-0.25, -0.2) is 4.39 Å². The van der Waals surface area contributed by atoms with Crippen LogP contribution < -0.4 is 0 Å². The first-order valence-electron chi connectivity index (χ1n) is 6.29. The van der Waals surface area contributed by atoms with Crippen molar-refractivity contribution in [3.05, 3.63) is 71.0 Å². The van der Waals surface area contributed by atoms with Gasteiger partial charge in [-0.1, -0.05) is 42.2 Å². The Morgan fingerprint density at radius 2 is 1.90 bits per heavy atom. The lowest BCUT2D eigenvalue weighted by Crippen LogP contribution is -1.97. The van der Waals surface area contributed by atoms with Crippen LogP contribution in [-0.4, -0.2) is 11.7 Å². The summed E-state index contributed by atoms with van der Waals surface area (Å²) in [5, 5.41) is 8.66. The minimum atomic E-state index is -0.255. The minimum Gasteiger partial charge on any atom is -0.384 e. The zero-order chi connectivity index (χ0) is 14.2. The van der Waals surface area contributed by atoms with Crippen molar-refractivity contribution in [3.63, 3.8) is 0 Å². The molecule has 0 saturated carbocycles. The molecule has 0 spiro atoms. The van der Waals surface area contributed by atoms with Gasteiger partial charge >= 0.3 is 0 Å². The van der Waals surface area contributed by atoms with Crippen molar-refractivity contribution in [3.8, 4) is 11.8 Å². The molecule has 102 valence electrons. The van der Waals surface area contributed by atoms with E-state index in [2.05, 4.69) is 11.8 Å². The Morgan fingerprint density at radius 1 is 1.05 bits per heavy atom. The second kappa shape index (κ2) is 7.44. The summed E-state index contributed by atoms with van der Waals surface area (Å²) in [7, 11) is 0. The first-order chi connectivity index (χ1) is 9.79. The lowest BCUT2D eigenvalue weighted by atomic mass is 10.1. The molecule has 0 fully saturated rings. The maximum absolute atomic E-state index is 13.4. The molecule has 0 radical (unpaired) electrons. The molecular weight excluding hydrogens is 255 g/mol. The standard InChI is InChI=1S/C17H15FO2/c18-17-9-2-1-8-16(17)13-20-12-15-6-3-5-14(11-15)7-4-10-19/h1-3,5-6,8-9,11,19H,10,12-13H2. The van der Waals surface area contributed by atoms with Crippen molar-refractivity contribution in [2.75, 3.05) is 6.61 Å². The molecule has 3 heteroatoms. The molecular formula is C17H15FO2. The predicted molar refractivity (Wildman–Crippen MR) is 75.3 cm³/mol. The van der Waals surface area contributed by atoms with E-state index in [-0.39, 0.29) is 19.0 Å². The summed E-state index contributed by atoms with van der Waals surface area (Å²) in [4.78, 5) is 0. The molecule has 2 aromatic carbocycles. The molecule has 20 heavy (non-hydrogen) atoms. The molecule has 0 amide bonds. The Labute approximate surface area is 117 Å². The van der Waals surface area contributed by atoms with E-state index in [1.807, 2.05) is 24.3 Å². The number of hydrogen-bond acceptors (Lipinski definition) is 2. The topological polar surface area (TPSA) is 29.5 Å². The maximum atomic E-state index is 13.4. The third kappa shape index (κ3) is 4.20. The lowest BCUT2D eigenvalue weighted by Gasteiger charge is -2.06. The van der Waals surface area contributed by atoms with Gasteiger partial charge in [-0.15, -0.1) is 0 Å². The van der Waals surface area contributed by atoms with Crippen LogP contribution in [0.5, 0.6) is 0 Å². The van der Waals surface area contributed by atoms with Crippen molar-refractivity contribution < 1.29 is 14.2 Å². The van der Waals surface area contributed by atoms with Crippen LogP contribution in [-0.2, 0) is 18.0 Å². The molecule has 0 aliphatic heterocycles. The average molecular weight is 270 g/mol. The van der Waals surface area contributed by atoms with Crippen molar-refractivity contribution in [2.24, 2.45) is 0 Å². The molecule has 0 aromatic heterocycles. The summed E-state index contributed by atoms with van der Waals surface area (Å²) >= 11 is 0. The Morgan fingerprint density at radius 3 is 2.70 bits per heavy atom. The monoisotopic (exact) mass is 270 g/mol. The summed E-state index contributed by atoms with van der Waals surface area (Å²) in [5.41, 5.74) is 2.33. The molecule has 0 heterocycles. The number of benzene rings is 2. The largest absolute Gasteiger partial charge is 0.384 e. The highest BCUT2D eigenvalue weighted by molar-refractivity contribution is 5.37. The third-order valence-electron chi connectivity index (χ3n) is 2.72. The maximum Gasteiger partial charge on any atom is 0.128 e. The van der Waals surface area contributed by atoms with Gasteiger partial charge in [0, 0.05) is 11.1 Å². The van der Waals surface area contributed by atoms with Crippen LogP contribution in [0.4, 0.5) is 4.39 Å². The SMILES string of the molecule is OCC#Cc1cccc(COCc2ccccc2F)c1. The molecule has 0 saturated heterocycles. The van der Waals surface area contributed by atoms with Crippen molar-refractivity contribution in [1.29, 1.82) is 0 Å². The molecule has 0 aliphatic rings. The third-order valence-corrected chi connectivity index (χ3v) is 2.72. The fourth-order valence-electron chi connectivity index (χ4n) is 1.77. The molecule has 0 atom stereocenters. The summed E-state index contributed by atoms with van der Waals surface area (Å²) in [5.74, 6) is 5.18. The molecule has 2 aromatic rings. The number of aliphatic hydroxyl groups is 1. The van der Waals surface area contributed by atoms with E-state index in [1.54, 1.807) is 18.2 Å². The normalized spacial score (nSPS) is 9.90. The number of hydrogen-bond donors (Lipinski definition) is 1. The zero-order valence-electron chi connectivity index (χ0n) is 11.0. The fourth-order valence-corrected chi connectivity index (χ4v) is 1.77. The second-order valence-corrected chi connectivity index (χ2v) is 4.24. The Balaban J connectivity index is 1.93. The molecule has 2 rings (SSSR count). The van der Waals surface area contributed by atoms with Gasteiger partial charge in [0.25, 0.3) is 0 Å². The lowest BCUT2D eigenvalue weighted by molar-refractivity contribution is 0.105. The number of rotatable bonds is 4. The smallest absolute Gasteiger partial charge is 0.128 e. The highest BCUT2D eigenvalue weighted by Crippen LogP contribution is 2.10. The predicted octanol–water partition coefficient (Wildman–Crippen LogP) is 2.89. The van der Waals surface area contributed by atoms with Gasteiger partial charge < -0.3 is 9.84 Å². The van der Waals surface area contributed by atoms with Crippen LogP contribution in [0, 0.1) is 17.7 Å². The summed E-state index contributed by atoms with van der Waals surface area (Å²) < 4.78 is 18.9. The van der Waals surface area contributed by atoms with Crippen LogP contribution in [0.25, 0.3) is 0 Å². The number of ether oxygens (including phenoxy) is 1. The van der Waals surface area contributed by atoms with Crippen molar-refractivity contribution >= 4 is 0 Å². The Kier molecular flexibility index (Phi) is 5.31. The van der Waals surface area contributed by atoms with E-state index in [0.29, 0.717) is 12.2 Å². The number of halogens is 1. The van der Waals surface area contributed by atoms with E-state index in [4.69, 9.17) is 9.84 Å². The quantitative estimate of drug-likeness (QED) is 0.866. The summed E-state index contributed by atoms with van der Waals surface area (Å²) in [6.45, 7) is 0.468. The Hall–Kier alpha value is -2.15. The van der Waals surface area contributed by atoms with Crippen LogP contribution in [0.15, 0.2) is 48.5 Å². The van der Waals surface area contributed by atoms with E-state index in [0.717, 1.165) is 11.1 Å². The molecule has 0 bridgehead atoms. The van der Waals surface area contributed by atoms with Gasteiger partial charge in [0.15, 0.2) is 0 Å². The van der Waals surface area contributed by atoms with Gasteiger partial charge in [0.05, 0.1) is 13.2 Å². The minimum absolute atomic E-state index is 0.159. The zero-order valence-corrected chi connectivity index (χ0v) is 11.0. The van der Waals surface area contributed by atoms with E-state index < -0.39 is 0 Å².